The number of rotatable bonds is 7. The predicted octanol–water partition coefficient (Wildman–Crippen LogP) is 0.911. The molecular weight excluding hydrogens is 282 g/mol. The number of ether oxygens (including phenoxy) is 1. The monoisotopic (exact) mass is 301 g/mol. The largest absolute Gasteiger partial charge is 0.491 e. The first-order valence-corrected chi connectivity index (χ1v) is 6.15. The lowest BCUT2D eigenvalue weighted by molar-refractivity contribution is -0.123. The van der Waals surface area contributed by atoms with Crippen LogP contribution in [0.3, 0.4) is 0 Å². The van der Waals surface area contributed by atoms with Crippen LogP contribution in [0.2, 0.25) is 0 Å². The highest BCUT2D eigenvalue weighted by molar-refractivity contribution is 5.95. The number of hydrogen-bond donors (Lipinski definition) is 3. The summed E-state index contributed by atoms with van der Waals surface area (Å²) in [6.07, 6.45) is 0.884. The zero-order chi connectivity index (χ0) is 14.1. The summed E-state index contributed by atoms with van der Waals surface area (Å²) in [6, 6.07) is 7.15. The number of carbonyl (C=O) groups excluding carboxylic acids is 2. The van der Waals surface area contributed by atoms with E-state index < -0.39 is 0 Å². The summed E-state index contributed by atoms with van der Waals surface area (Å²) in [7, 11) is 0. The molecule has 1 aromatic carbocycles. The van der Waals surface area contributed by atoms with Gasteiger partial charge in [-0.2, -0.15) is 0 Å². The molecule has 0 aromatic heterocycles. The highest BCUT2D eigenvalue weighted by Crippen LogP contribution is 2.23. The Labute approximate surface area is 124 Å². The topological polar surface area (TPSA) is 93.5 Å². The van der Waals surface area contributed by atoms with Crippen LogP contribution in [0.25, 0.3) is 0 Å². The average Bonchev–Trinajstić information content (AvgIpc) is 2.43. The predicted molar refractivity (Wildman–Crippen MR) is 80.2 cm³/mol. The van der Waals surface area contributed by atoms with Gasteiger partial charge in [0.25, 0.3) is 0 Å². The average molecular weight is 302 g/mol. The van der Waals surface area contributed by atoms with E-state index in [-0.39, 0.29) is 37.3 Å². The molecule has 0 aliphatic carbocycles. The third-order valence-corrected chi connectivity index (χ3v) is 2.25. The maximum absolute atomic E-state index is 11.6. The van der Waals surface area contributed by atoms with Gasteiger partial charge in [-0.05, 0) is 18.6 Å². The minimum atomic E-state index is -0.370. The van der Waals surface area contributed by atoms with Crippen molar-refractivity contribution in [2.24, 2.45) is 5.73 Å². The molecule has 0 aliphatic heterocycles. The third-order valence-electron chi connectivity index (χ3n) is 2.25. The molecule has 0 heterocycles. The molecule has 0 unspecified atom stereocenters. The second kappa shape index (κ2) is 10.1. The van der Waals surface area contributed by atoms with E-state index in [0.717, 1.165) is 6.42 Å². The number of carbonyl (C=O) groups is 2. The quantitative estimate of drug-likeness (QED) is 0.698. The first-order chi connectivity index (χ1) is 9.17. The lowest BCUT2D eigenvalue weighted by Gasteiger charge is -2.12. The van der Waals surface area contributed by atoms with Gasteiger partial charge in [0, 0.05) is 0 Å². The fourth-order valence-corrected chi connectivity index (χ4v) is 1.35. The van der Waals surface area contributed by atoms with Gasteiger partial charge >= 0.3 is 0 Å². The maximum atomic E-state index is 11.6. The van der Waals surface area contributed by atoms with Crippen LogP contribution in [-0.4, -0.2) is 31.5 Å². The van der Waals surface area contributed by atoms with E-state index >= 15 is 0 Å². The molecule has 1 rings (SSSR count). The van der Waals surface area contributed by atoms with Gasteiger partial charge in [-0.1, -0.05) is 19.1 Å². The van der Waals surface area contributed by atoms with E-state index in [9.17, 15) is 9.59 Å². The van der Waals surface area contributed by atoms with Crippen LogP contribution in [0.1, 0.15) is 13.3 Å². The van der Waals surface area contributed by atoms with Gasteiger partial charge < -0.3 is 21.1 Å². The SMILES string of the molecule is CCCOc1ccccc1NC(=O)CNC(=O)CN.Cl. The number of anilines is 1. The summed E-state index contributed by atoms with van der Waals surface area (Å²) < 4.78 is 5.51. The molecule has 0 radical (unpaired) electrons. The summed E-state index contributed by atoms with van der Waals surface area (Å²) in [5.41, 5.74) is 5.71. The van der Waals surface area contributed by atoms with Gasteiger partial charge in [0.2, 0.25) is 11.8 Å². The number of halogens is 1. The smallest absolute Gasteiger partial charge is 0.243 e. The van der Waals surface area contributed by atoms with Crippen molar-refractivity contribution >= 4 is 29.9 Å². The molecule has 7 heteroatoms. The van der Waals surface area contributed by atoms with Gasteiger partial charge in [0.1, 0.15) is 5.75 Å². The molecule has 0 saturated carbocycles. The van der Waals surface area contributed by atoms with Crippen molar-refractivity contribution < 1.29 is 14.3 Å². The summed E-state index contributed by atoms with van der Waals surface area (Å²) in [5.74, 6) is -0.0807. The Hall–Kier alpha value is -1.79. The molecule has 0 saturated heterocycles. The zero-order valence-electron chi connectivity index (χ0n) is 11.3. The van der Waals surface area contributed by atoms with Crippen molar-refractivity contribution in [1.82, 2.24) is 5.32 Å². The molecule has 112 valence electrons. The van der Waals surface area contributed by atoms with Crippen LogP contribution in [0.4, 0.5) is 5.69 Å². The van der Waals surface area contributed by atoms with Crippen LogP contribution in [-0.2, 0) is 9.59 Å². The van der Waals surface area contributed by atoms with Crippen LogP contribution in [0.15, 0.2) is 24.3 Å². The lowest BCUT2D eigenvalue weighted by Crippen LogP contribution is -2.36. The molecular formula is C13H20ClN3O3. The van der Waals surface area contributed by atoms with Crippen LogP contribution >= 0.6 is 12.4 Å². The van der Waals surface area contributed by atoms with E-state index in [1.54, 1.807) is 18.2 Å². The summed E-state index contributed by atoms with van der Waals surface area (Å²) >= 11 is 0. The minimum absolute atomic E-state index is 0. The van der Waals surface area contributed by atoms with Gasteiger partial charge in [-0.15, -0.1) is 12.4 Å². The fraction of sp³-hybridized carbons (Fsp3) is 0.385. The first-order valence-electron chi connectivity index (χ1n) is 6.15. The lowest BCUT2D eigenvalue weighted by atomic mass is 10.3. The summed E-state index contributed by atoms with van der Waals surface area (Å²) in [5, 5.41) is 5.08. The first kappa shape index (κ1) is 18.2. The number of para-hydroxylation sites is 2. The Morgan fingerprint density at radius 2 is 1.95 bits per heavy atom. The minimum Gasteiger partial charge on any atom is -0.491 e. The fourth-order valence-electron chi connectivity index (χ4n) is 1.35. The molecule has 0 spiro atoms. The molecule has 6 nitrogen and oxygen atoms in total. The van der Waals surface area contributed by atoms with Crippen LogP contribution in [0, 0.1) is 0 Å². The van der Waals surface area contributed by atoms with Crippen LogP contribution < -0.4 is 21.1 Å². The molecule has 20 heavy (non-hydrogen) atoms. The van der Waals surface area contributed by atoms with E-state index in [0.29, 0.717) is 18.0 Å². The number of hydrogen-bond acceptors (Lipinski definition) is 4. The highest BCUT2D eigenvalue weighted by atomic mass is 35.5. The van der Waals surface area contributed by atoms with E-state index in [4.69, 9.17) is 10.5 Å². The van der Waals surface area contributed by atoms with Crippen molar-refractivity contribution in [3.8, 4) is 5.75 Å². The number of nitrogens with one attached hydrogen (secondary N) is 2. The highest BCUT2D eigenvalue weighted by Gasteiger charge is 2.08. The molecule has 1 aromatic rings. The second-order valence-electron chi connectivity index (χ2n) is 3.87. The van der Waals surface area contributed by atoms with E-state index in [1.807, 2.05) is 13.0 Å². The summed E-state index contributed by atoms with van der Waals surface area (Å²) in [6.45, 7) is 2.34. The number of nitrogens with two attached hydrogens (primary N) is 1. The molecule has 4 N–H and O–H groups in total. The Balaban J connectivity index is 0.00000361. The van der Waals surface area contributed by atoms with Crippen molar-refractivity contribution in [1.29, 1.82) is 0 Å². The summed E-state index contributed by atoms with van der Waals surface area (Å²) in [4.78, 5) is 22.6. The number of amides is 2. The van der Waals surface area contributed by atoms with Crippen molar-refractivity contribution in [3.05, 3.63) is 24.3 Å². The normalized spacial score (nSPS) is 9.30. The van der Waals surface area contributed by atoms with Gasteiger partial charge in [-0.25, -0.2) is 0 Å². The van der Waals surface area contributed by atoms with E-state index in [1.165, 1.54) is 0 Å². The van der Waals surface area contributed by atoms with Crippen molar-refractivity contribution in [3.63, 3.8) is 0 Å². The molecule has 0 aliphatic rings. The van der Waals surface area contributed by atoms with E-state index in [2.05, 4.69) is 10.6 Å². The standard InChI is InChI=1S/C13H19N3O3.ClH/c1-2-7-19-11-6-4-3-5-10(11)16-13(18)9-15-12(17)8-14;/h3-6H,2,7-9,14H2,1H3,(H,15,17)(H,16,18);1H. The Morgan fingerprint density at radius 3 is 2.60 bits per heavy atom. The van der Waals surface area contributed by atoms with Crippen LogP contribution in [0.5, 0.6) is 5.75 Å². The third kappa shape index (κ3) is 6.40. The Kier molecular flexibility index (Phi) is 9.15. The molecule has 2 amide bonds. The number of benzene rings is 1. The zero-order valence-corrected chi connectivity index (χ0v) is 12.2. The van der Waals surface area contributed by atoms with Gasteiger partial charge in [-0.3, -0.25) is 9.59 Å². The van der Waals surface area contributed by atoms with Gasteiger partial charge in [0.05, 0.1) is 25.4 Å². The van der Waals surface area contributed by atoms with Crippen molar-refractivity contribution in [2.45, 2.75) is 13.3 Å². The van der Waals surface area contributed by atoms with Gasteiger partial charge in [0.15, 0.2) is 0 Å². The Bertz CT molecular complexity index is 441. The Morgan fingerprint density at radius 1 is 1.25 bits per heavy atom. The second-order valence-corrected chi connectivity index (χ2v) is 3.87. The molecule has 0 fully saturated rings. The molecule has 0 bridgehead atoms. The molecule has 0 atom stereocenters. The maximum Gasteiger partial charge on any atom is 0.243 e. The van der Waals surface area contributed by atoms with Crippen molar-refractivity contribution in [2.75, 3.05) is 25.0 Å².